The molecule has 2 N–H and O–H groups in total. The molecule has 4 nitrogen and oxygen atoms in total. The van der Waals surface area contributed by atoms with Gasteiger partial charge < -0.3 is 29.7 Å². The third kappa shape index (κ3) is 4.08. The van der Waals surface area contributed by atoms with Crippen molar-refractivity contribution in [2.24, 2.45) is 12.8 Å². The normalized spacial score (nSPS) is 11.0. The van der Waals surface area contributed by atoms with Crippen LogP contribution in [-0.4, -0.2) is 10.5 Å². The first-order chi connectivity index (χ1) is 12.6. The highest BCUT2D eigenvalue weighted by atomic mass is 127. The number of benzene rings is 2. The molecule has 0 saturated heterocycles. The molecule has 0 atom stereocenters. The molecule has 1 heterocycles. The van der Waals surface area contributed by atoms with Gasteiger partial charge in [-0.3, -0.25) is 4.79 Å². The third-order valence-electron chi connectivity index (χ3n) is 5.21. The minimum Gasteiger partial charge on any atom is -1.00 e. The lowest BCUT2D eigenvalue weighted by Crippen LogP contribution is -3.00. The Kier molecular flexibility index (Phi) is 7.18. The summed E-state index contributed by atoms with van der Waals surface area (Å²) in [5.74, 6) is 0.911. The molecule has 0 aliphatic rings. The van der Waals surface area contributed by atoms with Crippen LogP contribution in [0.5, 0.6) is 0 Å². The van der Waals surface area contributed by atoms with E-state index in [0.29, 0.717) is 6.42 Å². The van der Waals surface area contributed by atoms with Gasteiger partial charge in [-0.15, -0.1) is 0 Å². The molecule has 2 aromatic carbocycles. The van der Waals surface area contributed by atoms with Crippen molar-refractivity contribution < 1.29 is 33.3 Å². The average molecular weight is 475 g/mol. The molecule has 142 valence electrons. The van der Waals surface area contributed by atoms with Crippen LogP contribution in [0.4, 0.5) is 0 Å². The molecule has 0 aliphatic carbocycles. The summed E-state index contributed by atoms with van der Waals surface area (Å²) in [5.41, 5.74) is 7.05. The predicted octanol–water partition coefficient (Wildman–Crippen LogP) is -0.259. The second-order valence-corrected chi connectivity index (χ2v) is 6.62. The zero-order valence-corrected chi connectivity index (χ0v) is 18.0. The number of nitrogens with two attached hydrogens (primary N) is 1. The lowest BCUT2D eigenvalue weighted by atomic mass is 9.71. The lowest BCUT2D eigenvalue weighted by Gasteiger charge is -2.31. The number of primary amides is 1. The lowest BCUT2D eigenvalue weighted by molar-refractivity contribution is -0.678. The molecule has 0 fully saturated rings. The van der Waals surface area contributed by atoms with E-state index in [1.54, 1.807) is 0 Å². The molecule has 0 spiro atoms. The minimum atomic E-state index is -0.851. The van der Waals surface area contributed by atoms with Crippen LogP contribution >= 0.6 is 0 Å². The first-order valence-corrected chi connectivity index (χ1v) is 9.04. The quantitative estimate of drug-likeness (QED) is 0.372. The van der Waals surface area contributed by atoms with E-state index < -0.39 is 5.41 Å². The minimum absolute atomic E-state index is 0. The predicted molar refractivity (Wildman–Crippen MR) is 102 cm³/mol. The Morgan fingerprint density at radius 2 is 1.56 bits per heavy atom. The van der Waals surface area contributed by atoms with Crippen molar-refractivity contribution in [2.45, 2.75) is 31.7 Å². The molecular formula is C22H26IN3O. The molecule has 3 rings (SSSR count). The smallest absolute Gasteiger partial charge is 0.255 e. The van der Waals surface area contributed by atoms with Crippen molar-refractivity contribution in [1.82, 2.24) is 4.57 Å². The molecule has 27 heavy (non-hydrogen) atoms. The summed E-state index contributed by atoms with van der Waals surface area (Å²) in [6, 6.07) is 19.7. The number of carbonyl (C=O) groups is 1. The number of hydrogen-bond donors (Lipinski definition) is 1. The Bertz CT molecular complexity index is 836. The van der Waals surface area contributed by atoms with E-state index in [2.05, 4.69) is 28.5 Å². The summed E-state index contributed by atoms with van der Waals surface area (Å²) in [6.45, 7) is 2.86. The van der Waals surface area contributed by atoms with Gasteiger partial charge in [0.2, 0.25) is 5.91 Å². The van der Waals surface area contributed by atoms with Crippen molar-refractivity contribution in [3.05, 3.63) is 90.0 Å². The maximum atomic E-state index is 12.8. The second-order valence-electron chi connectivity index (χ2n) is 6.62. The van der Waals surface area contributed by atoms with Gasteiger partial charge in [0.15, 0.2) is 0 Å². The fraction of sp³-hybridized carbons (Fsp3) is 0.273. The number of carbonyl (C=O) groups excluding carboxylic acids is 1. The fourth-order valence-corrected chi connectivity index (χ4v) is 3.81. The van der Waals surface area contributed by atoms with Gasteiger partial charge in [-0.25, -0.2) is 9.13 Å². The van der Waals surface area contributed by atoms with Crippen molar-refractivity contribution in [1.29, 1.82) is 0 Å². The van der Waals surface area contributed by atoms with Gasteiger partial charge in [-0.05, 0) is 11.1 Å². The SMILES string of the molecule is CCc1n(CCC(C(N)=O)(c2ccccc2)c2ccccc2)cc[n+]1C.[I-]. The molecule has 1 aromatic heterocycles. The van der Waals surface area contributed by atoms with Crippen LogP contribution in [0.2, 0.25) is 0 Å². The summed E-state index contributed by atoms with van der Waals surface area (Å²) in [6.07, 6.45) is 5.66. The average Bonchev–Trinajstić information content (AvgIpc) is 3.03. The Hall–Kier alpha value is -2.15. The van der Waals surface area contributed by atoms with Crippen LogP contribution < -0.4 is 34.3 Å². The summed E-state index contributed by atoms with van der Waals surface area (Å²) >= 11 is 0. The van der Waals surface area contributed by atoms with Gasteiger partial charge in [0.1, 0.15) is 17.8 Å². The topological polar surface area (TPSA) is 51.9 Å². The van der Waals surface area contributed by atoms with Gasteiger partial charge >= 0.3 is 0 Å². The third-order valence-corrected chi connectivity index (χ3v) is 5.21. The summed E-state index contributed by atoms with van der Waals surface area (Å²) in [5, 5.41) is 0. The zero-order valence-electron chi connectivity index (χ0n) is 15.8. The van der Waals surface area contributed by atoms with Gasteiger partial charge in [0, 0.05) is 12.8 Å². The fourth-order valence-electron chi connectivity index (χ4n) is 3.81. The maximum Gasteiger partial charge on any atom is 0.255 e. The summed E-state index contributed by atoms with van der Waals surface area (Å²) < 4.78 is 4.33. The maximum absolute atomic E-state index is 12.8. The zero-order chi connectivity index (χ0) is 18.6. The van der Waals surface area contributed by atoms with Crippen molar-refractivity contribution in [2.75, 3.05) is 0 Å². The number of nitrogens with zero attached hydrogens (tertiary/aromatic N) is 2. The van der Waals surface area contributed by atoms with Crippen molar-refractivity contribution >= 4 is 5.91 Å². The van der Waals surface area contributed by atoms with Crippen LogP contribution in [0.3, 0.4) is 0 Å². The van der Waals surface area contributed by atoms with Crippen LogP contribution in [0.25, 0.3) is 0 Å². The highest BCUT2D eigenvalue weighted by molar-refractivity contribution is 5.90. The number of aromatic nitrogens is 2. The van der Waals surface area contributed by atoms with E-state index in [-0.39, 0.29) is 29.9 Å². The molecule has 1 amide bonds. The first kappa shape index (κ1) is 21.2. The van der Waals surface area contributed by atoms with Crippen molar-refractivity contribution in [3.8, 4) is 0 Å². The number of rotatable bonds is 7. The van der Waals surface area contributed by atoms with Gasteiger partial charge in [0.25, 0.3) is 5.82 Å². The molecule has 0 unspecified atom stereocenters. The molecule has 0 radical (unpaired) electrons. The van der Waals surface area contributed by atoms with Crippen LogP contribution in [0.1, 0.15) is 30.3 Å². The summed E-state index contributed by atoms with van der Waals surface area (Å²) in [4.78, 5) is 12.8. The van der Waals surface area contributed by atoms with Crippen LogP contribution in [0.15, 0.2) is 73.1 Å². The molecule has 3 aromatic rings. The molecule has 0 bridgehead atoms. The van der Waals surface area contributed by atoms with E-state index in [0.717, 1.165) is 24.1 Å². The first-order valence-electron chi connectivity index (χ1n) is 9.04. The number of hydrogen-bond acceptors (Lipinski definition) is 1. The Morgan fingerprint density at radius 1 is 1.04 bits per heavy atom. The van der Waals surface area contributed by atoms with E-state index in [1.165, 1.54) is 5.82 Å². The number of halogens is 1. The molecular weight excluding hydrogens is 449 g/mol. The van der Waals surface area contributed by atoms with Crippen LogP contribution in [0, 0.1) is 0 Å². The largest absolute Gasteiger partial charge is 1.00 e. The van der Waals surface area contributed by atoms with E-state index >= 15 is 0 Å². The van der Waals surface area contributed by atoms with E-state index in [4.69, 9.17) is 5.73 Å². The van der Waals surface area contributed by atoms with Crippen molar-refractivity contribution in [3.63, 3.8) is 0 Å². The Balaban J connectivity index is 0.00000261. The molecule has 0 aliphatic heterocycles. The van der Waals surface area contributed by atoms with E-state index in [9.17, 15) is 4.79 Å². The highest BCUT2D eigenvalue weighted by Crippen LogP contribution is 2.36. The number of imidazole rings is 1. The standard InChI is InChI=1S/C22H25N3O.HI/c1-3-20-24(2)16-17-25(20)15-14-22(21(23)26,18-10-6-4-7-11-18)19-12-8-5-9-13-19;/h4-13,16-17H,3,14-15H2,1-2H3,(H-,23,26);1H. The van der Waals surface area contributed by atoms with E-state index in [1.807, 2.05) is 67.7 Å². The monoisotopic (exact) mass is 475 g/mol. The van der Waals surface area contributed by atoms with Crippen LogP contribution in [-0.2, 0) is 30.2 Å². The van der Waals surface area contributed by atoms with Gasteiger partial charge in [-0.2, -0.15) is 0 Å². The van der Waals surface area contributed by atoms with Gasteiger partial charge in [-0.1, -0.05) is 67.6 Å². The highest BCUT2D eigenvalue weighted by Gasteiger charge is 2.40. The molecule has 0 saturated carbocycles. The van der Waals surface area contributed by atoms with Gasteiger partial charge in [0.05, 0.1) is 13.6 Å². The molecule has 5 heteroatoms. The number of amides is 1. The second kappa shape index (κ2) is 9.17. The summed E-state index contributed by atoms with van der Waals surface area (Å²) in [7, 11) is 2.05. The Morgan fingerprint density at radius 3 is 2.00 bits per heavy atom. The Labute approximate surface area is 178 Å². The number of aryl methyl sites for hydroxylation is 2.